The molecule has 0 aliphatic heterocycles. The number of thiazole rings is 1. The topological polar surface area (TPSA) is 99.3 Å². The van der Waals surface area contributed by atoms with E-state index in [9.17, 15) is 13.2 Å². The first-order chi connectivity index (χ1) is 6.86. The van der Waals surface area contributed by atoms with E-state index in [1.54, 1.807) is 0 Å². The minimum Gasteiger partial charge on any atom is -0.395 e. The summed E-state index contributed by atoms with van der Waals surface area (Å²) in [4.78, 5) is 12.9. The van der Waals surface area contributed by atoms with E-state index in [1.165, 1.54) is 13.8 Å². The van der Waals surface area contributed by atoms with Gasteiger partial charge in [-0.05, 0) is 13.8 Å². The molecule has 1 aromatic rings. The van der Waals surface area contributed by atoms with Crippen molar-refractivity contribution in [2.24, 2.45) is 0 Å². The Morgan fingerprint density at radius 3 is 2.60 bits per heavy atom. The summed E-state index contributed by atoms with van der Waals surface area (Å²) in [6, 6.07) is -0.577. The molecule has 1 rings (SSSR count). The second-order valence-corrected chi connectivity index (χ2v) is 6.02. The Kier molecular flexibility index (Phi) is 3.66. The van der Waals surface area contributed by atoms with Crippen LogP contribution in [0.25, 0.3) is 0 Å². The quantitative estimate of drug-likeness (QED) is 0.666. The van der Waals surface area contributed by atoms with Gasteiger partial charge < -0.3 is 10.1 Å². The zero-order chi connectivity index (χ0) is 11.6. The monoisotopic (exact) mass is 252 g/mol. The molecule has 8 heteroatoms. The lowest BCUT2D eigenvalue weighted by Crippen LogP contribution is -2.34. The fourth-order valence-corrected chi connectivity index (χ4v) is 3.55. The summed E-state index contributed by atoms with van der Waals surface area (Å²) in [7, 11) is -3.70. The average molecular weight is 252 g/mol. The van der Waals surface area contributed by atoms with Gasteiger partial charge in [0.1, 0.15) is 0 Å². The van der Waals surface area contributed by atoms with Crippen molar-refractivity contribution in [3.63, 3.8) is 0 Å². The van der Waals surface area contributed by atoms with Crippen LogP contribution in [0.3, 0.4) is 0 Å². The van der Waals surface area contributed by atoms with Gasteiger partial charge in [-0.1, -0.05) is 11.3 Å². The maximum atomic E-state index is 11.7. The highest BCUT2D eigenvalue weighted by molar-refractivity contribution is 7.91. The van der Waals surface area contributed by atoms with Crippen molar-refractivity contribution < 1.29 is 13.5 Å². The number of aliphatic hydroxyl groups excluding tert-OH is 1. The maximum Gasteiger partial charge on any atom is 0.305 e. The molecular weight excluding hydrogens is 240 g/mol. The average Bonchev–Trinajstić information content (AvgIpc) is 2.45. The van der Waals surface area contributed by atoms with Crippen molar-refractivity contribution in [1.82, 2.24) is 9.71 Å². The number of sulfonamides is 1. The molecule has 86 valence electrons. The lowest BCUT2D eigenvalue weighted by molar-refractivity contribution is 0.265. The zero-order valence-corrected chi connectivity index (χ0v) is 9.91. The number of aromatic nitrogens is 1. The smallest absolute Gasteiger partial charge is 0.305 e. The van der Waals surface area contributed by atoms with Crippen LogP contribution in [0.5, 0.6) is 0 Å². The van der Waals surface area contributed by atoms with Crippen LogP contribution in [0.15, 0.2) is 9.00 Å². The molecular formula is C7H12N2O4S2. The molecule has 0 amide bonds. The number of nitrogens with one attached hydrogen (secondary N) is 2. The van der Waals surface area contributed by atoms with Gasteiger partial charge in [-0.25, -0.2) is 13.1 Å². The number of aromatic amines is 1. The first-order valence-corrected chi connectivity index (χ1v) is 6.49. The zero-order valence-electron chi connectivity index (χ0n) is 8.27. The number of aliphatic hydroxyl groups is 1. The van der Waals surface area contributed by atoms with Crippen LogP contribution in [0, 0.1) is 6.92 Å². The van der Waals surface area contributed by atoms with Crippen molar-refractivity contribution >= 4 is 21.4 Å². The van der Waals surface area contributed by atoms with Crippen molar-refractivity contribution in [3.05, 3.63) is 15.4 Å². The highest BCUT2D eigenvalue weighted by atomic mass is 32.2. The Hall–Kier alpha value is -0.700. The van der Waals surface area contributed by atoms with Crippen LogP contribution in [-0.2, 0) is 10.0 Å². The second-order valence-electron chi connectivity index (χ2n) is 3.13. The van der Waals surface area contributed by atoms with Gasteiger partial charge in [0.15, 0.2) is 4.21 Å². The third kappa shape index (κ3) is 2.88. The molecule has 0 aliphatic rings. The fraction of sp³-hybridized carbons (Fsp3) is 0.571. The molecule has 0 saturated heterocycles. The lowest BCUT2D eigenvalue weighted by atomic mass is 10.4. The van der Waals surface area contributed by atoms with E-state index >= 15 is 0 Å². The molecule has 1 atom stereocenters. The first kappa shape index (κ1) is 12.4. The number of hydrogen-bond donors (Lipinski definition) is 3. The molecule has 0 spiro atoms. The standard InChI is InChI=1S/C7H12N2O4S2/c1-4(3-10)9-15(12,13)6-5(2)8-7(11)14-6/h4,9-10H,3H2,1-2H3,(H,8,11)/t4-/m0/s1. The largest absolute Gasteiger partial charge is 0.395 e. The number of rotatable bonds is 4. The Morgan fingerprint density at radius 1 is 1.60 bits per heavy atom. The van der Waals surface area contributed by atoms with E-state index in [1.807, 2.05) is 0 Å². The third-order valence-corrected chi connectivity index (χ3v) is 4.85. The third-order valence-electron chi connectivity index (χ3n) is 1.66. The molecule has 0 radical (unpaired) electrons. The van der Waals surface area contributed by atoms with E-state index in [-0.39, 0.29) is 10.8 Å². The van der Waals surface area contributed by atoms with E-state index in [0.717, 1.165) is 0 Å². The van der Waals surface area contributed by atoms with Gasteiger partial charge in [-0.2, -0.15) is 0 Å². The van der Waals surface area contributed by atoms with Crippen molar-refractivity contribution in [2.75, 3.05) is 6.61 Å². The lowest BCUT2D eigenvalue weighted by Gasteiger charge is -2.09. The predicted octanol–water partition coefficient (Wildman–Crippen LogP) is -0.596. The first-order valence-electron chi connectivity index (χ1n) is 4.19. The summed E-state index contributed by atoms with van der Waals surface area (Å²) in [5.41, 5.74) is 0.308. The van der Waals surface area contributed by atoms with E-state index in [2.05, 4.69) is 9.71 Å². The molecule has 0 fully saturated rings. The van der Waals surface area contributed by atoms with E-state index in [0.29, 0.717) is 17.0 Å². The Morgan fingerprint density at radius 2 is 2.20 bits per heavy atom. The number of H-pyrrole nitrogens is 1. The molecule has 15 heavy (non-hydrogen) atoms. The van der Waals surface area contributed by atoms with Gasteiger partial charge in [-0.3, -0.25) is 4.79 Å². The van der Waals surface area contributed by atoms with Crippen LogP contribution in [0.2, 0.25) is 0 Å². The molecule has 6 nitrogen and oxygen atoms in total. The summed E-state index contributed by atoms with van der Waals surface area (Å²) in [5, 5.41) is 8.73. The SMILES string of the molecule is Cc1[nH]c(=O)sc1S(=O)(=O)N[C@@H](C)CO. The number of hydrogen-bond acceptors (Lipinski definition) is 5. The van der Waals surface area contributed by atoms with Crippen LogP contribution in [-0.4, -0.2) is 31.2 Å². The molecule has 1 aromatic heterocycles. The summed E-state index contributed by atoms with van der Waals surface area (Å²) < 4.78 is 25.5. The van der Waals surface area contributed by atoms with Gasteiger partial charge in [0.25, 0.3) is 10.0 Å². The van der Waals surface area contributed by atoms with Crippen LogP contribution in [0.4, 0.5) is 0 Å². The second kappa shape index (κ2) is 4.44. The molecule has 0 bridgehead atoms. The van der Waals surface area contributed by atoms with Crippen molar-refractivity contribution in [1.29, 1.82) is 0 Å². The van der Waals surface area contributed by atoms with Gasteiger partial charge in [0, 0.05) is 11.7 Å². The van der Waals surface area contributed by atoms with E-state index in [4.69, 9.17) is 5.11 Å². The normalized spacial score (nSPS) is 14.1. The number of aryl methyl sites for hydroxylation is 1. The molecule has 0 aliphatic carbocycles. The van der Waals surface area contributed by atoms with Crippen LogP contribution in [0.1, 0.15) is 12.6 Å². The summed E-state index contributed by atoms with van der Waals surface area (Å²) in [6.07, 6.45) is 0. The Bertz CT molecular complexity index is 487. The van der Waals surface area contributed by atoms with Crippen molar-refractivity contribution in [3.8, 4) is 0 Å². The van der Waals surface area contributed by atoms with Gasteiger partial charge in [0.05, 0.1) is 6.61 Å². The Balaban J connectivity index is 3.06. The molecule has 0 saturated carbocycles. The highest BCUT2D eigenvalue weighted by Crippen LogP contribution is 2.15. The predicted molar refractivity (Wildman–Crippen MR) is 56.5 cm³/mol. The fourth-order valence-electron chi connectivity index (χ4n) is 1.00. The maximum absolute atomic E-state index is 11.7. The van der Waals surface area contributed by atoms with Crippen molar-refractivity contribution in [2.45, 2.75) is 24.1 Å². The van der Waals surface area contributed by atoms with Gasteiger partial charge in [0.2, 0.25) is 0 Å². The summed E-state index contributed by atoms with van der Waals surface area (Å²) >= 11 is 0.631. The van der Waals surface area contributed by atoms with E-state index < -0.39 is 20.9 Å². The summed E-state index contributed by atoms with van der Waals surface area (Å²) in [5.74, 6) is 0. The van der Waals surface area contributed by atoms with Gasteiger partial charge in [-0.15, -0.1) is 0 Å². The Labute approximate surface area is 91.0 Å². The molecule has 0 unspecified atom stereocenters. The minimum atomic E-state index is -3.70. The van der Waals surface area contributed by atoms with Crippen LogP contribution >= 0.6 is 11.3 Å². The highest BCUT2D eigenvalue weighted by Gasteiger charge is 2.22. The summed E-state index contributed by atoms with van der Waals surface area (Å²) in [6.45, 7) is 2.75. The minimum absolute atomic E-state index is 0.0344. The molecule has 3 N–H and O–H groups in total. The molecule has 0 aromatic carbocycles. The van der Waals surface area contributed by atoms with Crippen LogP contribution < -0.4 is 9.60 Å². The molecule has 1 heterocycles. The van der Waals surface area contributed by atoms with Gasteiger partial charge >= 0.3 is 4.87 Å².